The lowest BCUT2D eigenvalue weighted by Gasteiger charge is -2.47. The number of rotatable bonds is 4. The number of nitrogens with one attached hydrogen (secondary N) is 3. The highest BCUT2D eigenvalue weighted by Gasteiger charge is 2.43. The molecule has 2 fully saturated rings. The van der Waals surface area contributed by atoms with Gasteiger partial charge in [-0.3, -0.25) is 15.0 Å². The number of hydrogen-bond acceptors (Lipinski definition) is 4. The maximum atomic E-state index is 13.1. The molecule has 3 N–H and O–H groups in total. The zero-order valence-electron chi connectivity index (χ0n) is 17.7. The van der Waals surface area contributed by atoms with E-state index in [4.69, 9.17) is 0 Å². The largest absolute Gasteiger partial charge is 0.328 e. The molecule has 0 aromatic heterocycles. The van der Waals surface area contributed by atoms with Gasteiger partial charge in [-0.2, -0.15) is 0 Å². The summed E-state index contributed by atoms with van der Waals surface area (Å²) in [4.78, 5) is 15.5. The van der Waals surface area contributed by atoms with Gasteiger partial charge in [0.15, 0.2) is 0 Å². The van der Waals surface area contributed by atoms with E-state index in [0.717, 1.165) is 32.5 Å². The minimum Gasteiger partial charge on any atom is -0.328 e. The van der Waals surface area contributed by atoms with E-state index >= 15 is 0 Å². The van der Waals surface area contributed by atoms with Gasteiger partial charge in [-0.05, 0) is 42.0 Å². The number of carbonyl (C=O) groups excluding carboxylic acids is 1. The fraction of sp³-hybridized carbons (Fsp3) is 0.346. The molecule has 5 heteroatoms. The minimum absolute atomic E-state index is 0.00239. The average Bonchev–Trinajstić information content (AvgIpc) is 2.82. The molecule has 4 atom stereocenters. The van der Waals surface area contributed by atoms with Crippen LogP contribution in [0.4, 0.5) is 0 Å². The zero-order valence-corrected chi connectivity index (χ0v) is 17.7. The van der Waals surface area contributed by atoms with Crippen LogP contribution in [0.2, 0.25) is 0 Å². The van der Waals surface area contributed by atoms with Crippen LogP contribution in [0.1, 0.15) is 23.1 Å². The van der Waals surface area contributed by atoms with E-state index in [1.807, 2.05) is 18.2 Å². The number of allylic oxidation sites excluding steroid dienone is 3. The van der Waals surface area contributed by atoms with Gasteiger partial charge in [0.1, 0.15) is 6.29 Å². The molecule has 0 spiro atoms. The molecule has 1 amide bonds. The van der Waals surface area contributed by atoms with E-state index in [-0.39, 0.29) is 30.2 Å². The maximum absolute atomic E-state index is 13.1. The quantitative estimate of drug-likeness (QED) is 0.674. The Hall–Kier alpha value is -2.73. The standard InChI is InChI=1S/C26H30N4O/c31-25-23-21(12-5-4-10-19-8-2-1-3-9-19)14-16-27-24(23)28-26(29-25)30-17-15-20-11-6-7-13-22(20)18-30/h1-13,21,23-24,26-28H,14-18H2,(H,29,31)/b10-4+,12-5+. The molecular weight excluding hydrogens is 384 g/mol. The molecule has 5 rings (SSSR count). The summed E-state index contributed by atoms with van der Waals surface area (Å²) in [6.07, 6.45) is 10.3. The summed E-state index contributed by atoms with van der Waals surface area (Å²) in [5, 5.41) is 10.4. The van der Waals surface area contributed by atoms with E-state index < -0.39 is 0 Å². The molecular formula is C26H30N4O. The van der Waals surface area contributed by atoms with Gasteiger partial charge in [0.2, 0.25) is 5.91 Å². The number of nitrogens with zero attached hydrogens (tertiary/aromatic N) is 1. The Balaban J connectivity index is 1.23. The summed E-state index contributed by atoms with van der Waals surface area (Å²) in [7, 11) is 0. The van der Waals surface area contributed by atoms with Crippen LogP contribution in [0.3, 0.4) is 0 Å². The second kappa shape index (κ2) is 9.18. The van der Waals surface area contributed by atoms with Gasteiger partial charge in [0, 0.05) is 13.1 Å². The van der Waals surface area contributed by atoms with Crippen molar-refractivity contribution >= 4 is 12.0 Å². The molecule has 3 heterocycles. The highest BCUT2D eigenvalue weighted by Crippen LogP contribution is 2.28. The number of benzene rings is 2. The summed E-state index contributed by atoms with van der Waals surface area (Å²) in [5.41, 5.74) is 3.95. The fourth-order valence-electron chi connectivity index (χ4n) is 5.00. The second-order valence-corrected chi connectivity index (χ2v) is 8.63. The molecule has 2 aromatic carbocycles. The van der Waals surface area contributed by atoms with Gasteiger partial charge in [0.05, 0.1) is 12.1 Å². The number of hydrogen-bond donors (Lipinski definition) is 3. The Morgan fingerprint density at radius 2 is 1.77 bits per heavy atom. The lowest BCUT2D eigenvalue weighted by Crippen LogP contribution is -2.72. The van der Waals surface area contributed by atoms with Crippen LogP contribution in [0, 0.1) is 11.8 Å². The third-order valence-electron chi connectivity index (χ3n) is 6.66. The molecule has 2 saturated heterocycles. The van der Waals surface area contributed by atoms with Crippen LogP contribution in [-0.2, 0) is 17.8 Å². The first kappa shape index (κ1) is 20.2. The van der Waals surface area contributed by atoms with Crippen molar-refractivity contribution in [3.63, 3.8) is 0 Å². The van der Waals surface area contributed by atoms with Crippen LogP contribution in [-0.4, -0.2) is 36.4 Å². The number of fused-ring (bicyclic) bond motifs is 2. The first-order valence-corrected chi connectivity index (χ1v) is 11.3. The molecule has 0 bridgehead atoms. The Morgan fingerprint density at radius 1 is 0.968 bits per heavy atom. The van der Waals surface area contributed by atoms with Crippen LogP contribution in [0.5, 0.6) is 0 Å². The highest BCUT2D eigenvalue weighted by molar-refractivity contribution is 5.81. The van der Waals surface area contributed by atoms with Crippen molar-refractivity contribution in [1.29, 1.82) is 0 Å². The maximum Gasteiger partial charge on any atom is 0.228 e. The SMILES string of the molecule is O=C1NC(N2CCc3ccccc3C2)NC2NCCC(/C=C/C=C/c3ccccc3)C12. The van der Waals surface area contributed by atoms with E-state index in [9.17, 15) is 4.79 Å². The molecule has 0 radical (unpaired) electrons. The third kappa shape index (κ3) is 4.49. The minimum atomic E-state index is -0.129. The molecule has 160 valence electrons. The average molecular weight is 415 g/mol. The van der Waals surface area contributed by atoms with Crippen LogP contribution in [0.25, 0.3) is 6.08 Å². The van der Waals surface area contributed by atoms with E-state index in [0.29, 0.717) is 0 Å². The topological polar surface area (TPSA) is 56.4 Å². The normalized spacial score (nSPS) is 29.0. The Labute approximate surface area is 184 Å². The Bertz CT molecular complexity index is 970. The van der Waals surface area contributed by atoms with Gasteiger partial charge in [-0.15, -0.1) is 0 Å². The second-order valence-electron chi connectivity index (χ2n) is 8.63. The molecule has 2 aromatic rings. The molecule has 3 aliphatic rings. The van der Waals surface area contributed by atoms with Crippen molar-refractivity contribution in [2.24, 2.45) is 11.8 Å². The number of amides is 1. The predicted octanol–water partition coefficient (Wildman–Crippen LogP) is 2.87. The van der Waals surface area contributed by atoms with Gasteiger partial charge in [-0.1, -0.05) is 78.9 Å². The van der Waals surface area contributed by atoms with Gasteiger partial charge in [0.25, 0.3) is 0 Å². The first-order chi connectivity index (χ1) is 15.3. The number of carbonyl (C=O) groups is 1. The summed E-state index contributed by atoms with van der Waals surface area (Å²) >= 11 is 0. The molecule has 0 saturated carbocycles. The van der Waals surface area contributed by atoms with Crippen molar-refractivity contribution in [2.75, 3.05) is 13.1 Å². The van der Waals surface area contributed by atoms with Gasteiger partial charge in [-0.25, -0.2) is 0 Å². The van der Waals surface area contributed by atoms with Crippen LogP contribution >= 0.6 is 0 Å². The Kier molecular flexibility index (Phi) is 5.98. The smallest absolute Gasteiger partial charge is 0.228 e. The molecule has 5 nitrogen and oxygen atoms in total. The number of piperidine rings is 1. The monoisotopic (exact) mass is 414 g/mol. The third-order valence-corrected chi connectivity index (χ3v) is 6.66. The van der Waals surface area contributed by atoms with Crippen LogP contribution in [0.15, 0.2) is 72.8 Å². The predicted molar refractivity (Wildman–Crippen MR) is 124 cm³/mol. The lowest BCUT2D eigenvalue weighted by molar-refractivity contribution is -0.136. The van der Waals surface area contributed by atoms with Gasteiger partial charge >= 0.3 is 0 Å². The summed E-state index contributed by atoms with van der Waals surface area (Å²) in [6, 6.07) is 18.9. The molecule has 31 heavy (non-hydrogen) atoms. The van der Waals surface area contributed by atoms with Crippen molar-refractivity contribution in [1.82, 2.24) is 20.9 Å². The molecule has 4 unspecified atom stereocenters. The van der Waals surface area contributed by atoms with Crippen molar-refractivity contribution in [2.45, 2.75) is 31.8 Å². The van der Waals surface area contributed by atoms with Crippen molar-refractivity contribution in [3.05, 3.63) is 89.5 Å². The summed E-state index contributed by atoms with van der Waals surface area (Å²) in [5.74, 6) is 0.271. The van der Waals surface area contributed by atoms with E-state index in [1.165, 1.54) is 16.7 Å². The first-order valence-electron chi connectivity index (χ1n) is 11.3. The van der Waals surface area contributed by atoms with E-state index in [1.54, 1.807) is 0 Å². The van der Waals surface area contributed by atoms with Gasteiger partial charge < -0.3 is 10.6 Å². The summed E-state index contributed by atoms with van der Waals surface area (Å²) < 4.78 is 0. The lowest BCUT2D eigenvalue weighted by atomic mass is 9.81. The summed E-state index contributed by atoms with van der Waals surface area (Å²) in [6.45, 7) is 2.72. The molecule has 3 aliphatic heterocycles. The van der Waals surface area contributed by atoms with Crippen molar-refractivity contribution in [3.8, 4) is 0 Å². The zero-order chi connectivity index (χ0) is 21.0. The van der Waals surface area contributed by atoms with E-state index in [2.05, 4.69) is 81.6 Å². The van der Waals surface area contributed by atoms with Crippen molar-refractivity contribution < 1.29 is 4.79 Å². The fourth-order valence-corrected chi connectivity index (χ4v) is 5.00. The van der Waals surface area contributed by atoms with Crippen LogP contribution < -0.4 is 16.0 Å². The Morgan fingerprint density at radius 3 is 2.65 bits per heavy atom. The molecule has 0 aliphatic carbocycles. The highest BCUT2D eigenvalue weighted by atomic mass is 16.2.